The van der Waals surface area contributed by atoms with E-state index in [1.54, 1.807) is 30.3 Å². The number of anilines is 1. The molecule has 8 heteroatoms. The van der Waals surface area contributed by atoms with Crippen LogP contribution in [0.4, 0.5) is 5.82 Å². The molecule has 124 valence electrons. The van der Waals surface area contributed by atoms with Gasteiger partial charge in [-0.3, -0.25) is 9.36 Å². The van der Waals surface area contributed by atoms with Crippen LogP contribution < -0.4 is 11.0 Å². The molecule has 0 saturated carbocycles. The number of aliphatic hydroxyl groups excluding tert-OH is 2. The molecule has 1 aliphatic heterocycles. The Bertz CT molecular complexity index is 833. The Morgan fingerprint density at radius 1 is 1.25 bits per heavy atom. The highest BCUT2D eigenvalue weighted by Crippen LogP contribution is 2.29. The van der Waals surface area contributed by atoms with Crippen LogP contribution in [0, 0.1) is 0 Å². The average Bonchev–Trinajstić information content (AvgIpc) is 2.83. The van der Waals surface area contributed by atoms with E-state index in [9.17, 15) is 19.8 Å². The van der Waals surface area contributed by atoms with E-state index < -0.39 is 30.0 Å². The topological polar surface area (TPSA) is 114 Å². The van der Waals surface area contributed by atoms with E-state index >= 15 is 0 Å². The maximum absolute atomic E-state index is 12.1. The molecule has 3 N–H and O–H groups in total. The molecular weight excluding hydrogens is 314 g/mol. The third-order valence-electron chi connectivity index (χ3n) is 3.60. The molecule has 3 unspecified atom stereocenters. The first-order chi connectivity index (χ1) is 11.5. The monoisotopic (exact) mass is 329 g/mol. The smallest absolute Gasteiger partial charge is 0.352 e. The molecule has 1 fully saturated rings. The Morgan fingerprint density at radius 3 is 2.54 bits per heavy atom. The summed E-state index contributed by atoms with van der Waals surface area (Å²) < 4.78 is 6.20. The summed E-state index contributed by atoms with van der Waals surface area (Å²) in [6.07, 6.45) is -2.41. The van der Waals surface area contributed by atoms with Gasteiger partial charge in [0.05, 0.1) is 0 Å². The van der Waals surface area contributed by atoms with Gasteiger partial charge in [0, 0.05) is 11.8 Å². The van der Waals surface area contributed by atoms with Crippen LogP contribution >= 0.6 is 0 Å². The van der Waals surface area contributed by atoms with Crippen LogP contribution in [0.5, 0.6) is 0 Å². The van der Waals surface area contributed by atoms with E-state index in [4.69, 9.17) is 4.74 Å². The van der Waals surface area contributed by atoms with Gasteiger partial charge in [-0.15, -0.1) is 0 Å². The molecule has 1 aliphatic rings. The predicted octanol–water partition coefficient (Wildman–Crippen LogP) is 0.260. The van der Waals surface area contributed by atoms with Crippen LogP contribution in [0.3, 0.4) is 0 Å². The number of nitrogens with zero attached hydrogens (tertiary/aromatic N) is 2. The van der Waals surface area contributed by atoms with E-state index in [-0.39, 0.29) is 11.6 Å². The zero-order valence-electron chi connectivity index (χ0n) is 12.5. The standard InChI is InChI=1S/C16H15N3O5/c1-9-12(20)13(21)15(24-9)19-8-7-11(18-16(19)23)17-14(22)10-5-3-2-4-6-10/h2-8,12-13,15,20-21H,1H2,(H,17,18,22,23). The largest absolute Gasteiger partial charge is 0.469 e. The van der Waals surface area contributed by atoms with Gasteiger partial charge in [-0.25, -0.2) is 4.79 Å². The lowest BCUT2D eigenvalue weighted by Gasteiger charge is -2.16. The molecule has 3 atom stereocenters. The molecule has 1 aromatic carbocycles. The fourth-order valence-electron chi connectivity index (χ4n) is 2.32. The number of amides is 1. The van der Waals surface area contributed by atoms with Crippen molar-refractivity contribution < 1.29 is 19.7 Å². The predicted molar refractivity (Wildman–Crippen MR) is 84.2 cm³/mol. The van der Waals surface area contributed by atoms with Crippen LogP contribution in [0.15, 0.2) is 59.7 Å². The summed E-state index contributed by atoms with van der Waals surface area (Å²) in [5, 5.41) is 22.0. The second-order valence-corrected chi connectivity index (χ2v) is 5.23. The molecule has 8 nitrogen and oxygen atoms in total. The molecule has 0 radical (unpaired) electrons. The van der Waals surface area contributed by atoms with Gasteiger partial charge in [0.1, 0.15) is 23.8 Å². The highest BCUT2D eigenvalue weighted by Gasteiger charge is 2.40. The number of carbonyl (C=O) groups is 1. The van der Waals surface area contributed by atoms with Crippen molar-refractivity contribution in [2.45, 2.75) is 18.4 Å². The van der Waals surface area contributed by atoms with Crippen LogP contribution in [0.2, 0.25) is 0 Å². The van der Waals surface area contributed by atoms with Gasteiger partial charge in [-0.1, -0.05) is 24.8 Å². The normalized spacial score (nSPS) is 22.9. The molecule has 1 saturated heterocycles. The van der Waals surface area contributed by atoms with Gasteiger partial charge in [0.15, 0.2) is 0 Å². The van der Waals surface area contributed by atoms with Crippen LogP contribution in [0.1, 0.15) is 16.6 Å². The van der Waals surface area contributed by atoms with Gasteiger partial charge >= 0.3 is 5.69 Å². The van der Waals surface area contributed by atoms with Crippen molar-refractivity contribution in [3.05, 3.63) is 71.0 Å². The first-order valence-corrected chi connectivity index (χ1v) is 7.14. The van der Waals surface area contributed by atoms with Gasteiger partial charge < -0.3 is 20.3 Å². The maximum Gasteiger partial charge on any atom is 0.352 e. The quantitative estimate of drug-likeness (QED) is 0.744. The lowest BCUT2D eigenvalue weighted by Crippen LogP contribution is -2.35. The summed E-state index contributed by atoms with van der Waals surface area (Å²) >= 11 is 0. The molecule has 1 amide bonds. The second-order valence-electron chi connectivity index (χ2n) is 5.23. The van der Waals surface area contributed by atoms with Crippen molar-refractivity contribution in [2.75, 3.05) is 5.32 Å². The molecule has 2 aromatic rings. The summed E-state index contributed by atoms with van der Waals surface area (Å²) in [6.45, 7) is 3.46. The number of rotatable bonds is 3. The Kier molecular flexibility index (Phi) is 4.15. The van der Waals surface area contributed by atoms with Crippen molar-refractivity contribution in [3.63, 3.8) is 0 Å². The third kappa shape index (κ3) is 2.92. The number of hydrogen-bond donors (Lipinski definition) is 3. The van der Waals surface area contributed by atoms with E-state index in [0.717, 1.165) is 4.57 Å². The Balaban J connectivity index is 1.80. The minimum atomic E-state index is -1.33. The molecule has 3 rings (SSSR count). The Labute approximate surface area is 136 Å². The molecule has 24 heavy (non-hydrogen) atoms. The molecule has 0 spiro atoms. The maximum atomic E-state index is 12.1. The number of hydrogen-bond acceptors (Lipinski definition) is 6. The highest BCUT2D eigenvalue weighted by atomic mass is 16.5. The Morgan fingerprint density at radius 2 is 1.96 bits per heavy atom. The summed E-state index contributed by atoms with van der Waals surface area (Å²) in [6, 6.07) is 9.88. The number of aliphatic hydroxyl groups is 2. The van der Waals surface area contributed by atoms with Crippen molar-refractivity contribution in [1.82, 2.24) is 9.55 Å². The first-order valence-electron chi connectivity index (χ1n) is 7.14. The summed E-state index contributed by atoms with van der Waals surface area (Å²) in [5.74, 6) is -0.362. The number of nitrogens with one attached hydrogen (secondary N) is 1. The lowest BCUT2D eigenvalue weighted by atomic mass is 10.2. The minimum Gasteiger partial charge on any atom is -0.469 e. The zero-order valence-corrected chi connectivity index (χ0v) is 12.5. The zero-order chi connectivity index (χ0) is 17.3. The summed E-state index contributed by atoms with van der Waals surface area (Å²) in [7, 11) is 0. The number of carbonyl (C=O) groups excluding carboxylic acids is 1. The van der Waals surface area contributed by atoms with Crippen LogP contribution in [-0.2, 0) is 4.74 Å². The fourth-order valence-corrected chi connectivity index (χ4v) is 2.32. The Hall–Kier alpha value is -2.97. The van der Waals surface area contributed by atoms with E-state index in [0.29, 0.717) is 5.56 Å². The van der Waals surface area contributed by atoms with Gasteiger partial charge in [-0.2, -0.15) is 4.98 Å². The third-order valence-corrected chi connectivity index (χ3v) is 3.60. The molecule has 0 bridgehead atoms. The van der Waals surface area contributed by atoms with Crippen LogP contribution in [-0.4, -0.2) is 37.9 Å². The second kappa shape index (κ2) is 6.26. The molecular formula is C16H15N3O5. The first kappa shape index (κ1) is 15.9. The van der Waals surface area contributed by atoms with Gasteiger partial charge in [0.2, 0.25) is 6.23 Å². The van der Waals surface area contributed by atoms with Crippen molar-refractivity contribution >= 4 is 11.7 Å². The number of aromatic nitrogens is 2. The average molecular weight is 329 g/mol. The minimum absolute atomic E-state index is 0.0270. The molecule has 2 heterocycles. The number of benzene rings is 1. The summed E-state index contributed by atoms with van der Waals surface area (Å²) in [5.41, 5.74) is -0.315. The van der Waals surface area contributed by atoms with Gasteiger partial charge in [-0.05, 0) is 18.2 Å². The molecule has 0 aliphatic carbocycles. The van der Waals surface area contributed by atoms with E-state index in [1.165, 1.54) is 12.3 Å². The van der Waals surface area contributed by atoms with Crippen molar-refractivity contribution in [2.24, 2.45) is 0 Å². The molecule has 1 aromatic heterocycles. The number of ether oxygens (including phenoxy) is 1. The SMILES string of the molecule is C=C1OC(n2ccc(NC(=O)c3ccccc3)nc2=O)C(O)C1O. The summed E-state index contributed by atoms with van der Waals surface area (Å²) in [4.78, 5) is 27.9. The van der Waals surface area contributed by atoms with E-state index in [2.05, 4.69) is 16.9 Å². The lowest BCUT2D eigenvalue weighted by molar-refractivity contribution is -0.0162. The van der Waals surface area contributed by atoms with Gasteiger partial charge in [0.25, 0.3) is 5.91 Å². The van der Waals surface area contributed by atoms with E-state index in [1.807, 2.05) is 0 Å². The van der Waals surface area contributed by atoms with Crippen molar-refractivity contribution in [1.29, 1.82) is 0 Å². The fraction of sp³-hybridized carbons (Fsp3) is 0.188. The van der Waals surface area contributed by atoms with Crippen LogP contribution in [0.25, 0.3) is 0 Å². The van der Waals surface area contributed by atoms with Crippen molar-refractivity contribution in [3.8, 4) is 0 Å². The highest BCUT2D eigenvalue weighted by molar-refractivity contribution is 6.03.